The first-order valence-corrected chi connectivity index (χ1v) is 10.3. The first-order valence-electron chi connectivity index (χ1n) is 10.3. The normalized spacial score (nSPS) is 20.1. The van der Waals surface area contributed by atoms with E-state index in [-0.39, 0.29) is 24.1 Å². The van der Waals surface area contributed by atoms with Crippen LogP contribution >= 0.6 is 0 Å². The van der Waals surface area contributed by atoms with Gasteiger partial charge in [-0.3, -0.25) is 19.3 Å². The highest BCUT2D eigenvalue weighted by molar-refractivity contribution is 5.92. The lowest BCUT2D eigenvalue weighted by Crippen LogP contribution is -2.57. The molecular weight excluding hydrogens is 384 g/mol. The van der Waals surface area contributed by atoms with Crippen molar-refractivity contribution in [3.8, 4) is 0 Å². The number of carbonyl (C=O) groups excluding carboxylic acids is 3. The minimum Gasteiger partial charge on any atom is -0.459 e. The minimum atomic E-state index is -0.478. The van der Waals surface area contributed by atoms with E-state index in [1.165, 1.54) is 6.26 Å². The summed E-state index contributed by atoms with van der Waals surface area (Å²) in [7, 11) is 0. The fraction of sp³-hybridized carbons (Fsp3) is 0.409. The molecule has 30 heavy (non-hydrogen) atoms. The average Bonchev–Trinajstić information content (AvgIpc) is 3.31. The molecular formula is C22H26N4O4. The minimum absolute atomic E-state index is 0.0554. The summed E-state index contributed by atoms with van der Waals surface area (Å²) in [5, 5.41) is 2.88. The van der Waals surface area contributed by atoms with Crippen LogP contribution in [0.1, 0.15) is 22.5 Å². The summed E-state index contributed by atoms with van der Waals surface area (Å²) in [6.45, 7) is 3.76. The van der Waals surface area contributed by atoms with Crippen molar-refractivity contribution in [2.45, 2.75) is 19.0 Å². The lowest BCUT2D eigenvalue weighted by atomic mass is 10.1. The second-order valence-electron chi connectivity index (χ2n) is 7.62. The van der Waals surface area contributed by atoms with E-state index >= 15 is 0 Å². The third-order valence-corrected chi connectivity index (χ3v) is 5.69. The summed E-state index contributed by atoms with van der Waals surface area (Å²) < 4.78 is 5.17. The number of benzene rings is 1. The van der Waals surface area contributed by atoms with Crippen molar-refractivity contribution >= 4 is 17.7 Å². The summed E-state index contributed by atoms with van der Waals surface area (Å²) in [6, 6.07) is 12.8. The number of furan rings is 1. The number of piperazine rings is 2. The van der Waals surface area contributed by atoms with Crippen molar-refractivity contribution in [2.75, 3.05) is 39.3 Å². The zero-order chi connectivity index (χ0) is 20.9. The van der Waals surface area contributed by atoms with Crippen LogP contribution in [0.2, 0.25) is 0 Å². The Bertz CT molecular complexity index is 876. The van der Waals surface area contributed by atoms with Crippen LogP contribution in [0.25, 0.3) is 0 Å². The highest BCUT2D eigenvalue weighted by Gasteiger charge is 2.34. The summed E-state index contributed by atoms with van der Waals surface area (Å²) in [6.07, 6.45) is 1.62. The highest BCUT2D eigenvalue weighted by Crippen LogP contribution is 2.16. The van der Waals surface area contributed by atoms with Crippen molar-refractivity contribution in [3.05, 3.63) is 60.1 Å². The van der Waals surface area contributed by atoms with Gasteiger partial charge < -0.3 is 19.5 Å². The van der Waals surface area contributed by atoms with E-state index in [2.05, 4.69) is 10.2 Å². The summed E-state index contributed by atoms with van der Waals surface area (Å²) in [5.41, 5.74) is 1.12. The number of rotatable bonds is 5. The molecule has 0 radical (unpaired) electrons. The number of amides is 3. The Labute approximate surface area is 175 Å². The van der Waals surface area contributed by atoms with Crippen LogP contribution in [0.5, 0.6) is 0 Å². The van der Waals surface area contributed by atoms with Crippen LogP contribution < -0.4 is 5.32 Å². The third kappa shape index (κ3) is 4.54. The molecule has 3 amide bonds. The quantitative estimate of drug-likeness (QED) is 0.793. The average molecular weight is 410 g/mol. The molecule has 2 aliphatic heterocycles. The molecule has 2 aromatic rings. The topological polar surface area (TPSA) is 86.1 Å². The van der Waals surface area contributed by atoms with E-state index < -0.39 is 6.04 Å². The van der Waals surface area contributed by atoms with Gasteiger partial charge in [0.15, 0.2) is 5.76 Å². The lowest BCUT2D eigenvalue weighted by Gasteiger charge is -2.38. The molecule has 0 saturated carbocycles. The molecule has 1 aromatic carbocycles. The van der Waals surface area contributed by atoms with E-state index in [0.29, 0.717) is 51.6 Å². The van der Waals surface area contributed by atoms with Crippen LogP contribution in [-0.2, 0) is 16.1 Å². The second-order valence-corrected chi connectivity index (χ2v) is 7.62. The maximum Gasteiger partial charge on any atom is 0.289 e. The summed E-state index contributed by atoms with van der Waals surface area (Å²) in [4.78, 5) is 43.3. The molecule has 8 heteroatoms. The molecule has 0 spiro atoms. The maximum absolute atomic E-state index is 12.9. The molecule has 0 bridgehead atoms. The molecule has 1 aromatic heterocycles. The predicted molar refractivity (Wildman–Crippen MR) is 109 cm³/mol. The predicted octanol–water partition coefficient (Wildman–Crippen LogP) is 0.955. The van der Waals surface area contributed by atoms with Crippen molar-refractivity contribution in [1.29, 1.82) is 0 Å². The van der Waals surface area contributed by atoms with E-state index in [0.717, 1.165) is 5.56 Å². The van der Waals surface area contributed by atoms with Crippen molar-refractivity contribution in [1.82, 2.24) is 20.0 Å². The molecule has 3 heterocycles. The van der Waals surface area contributed by atoms with Crippen LogP contribution in [0.4, 0.5) is 0 Å². The Morgan fingerprint density at radius 2 is 1.70 bits per heavy atom. The molecule has 1 N–H and O–H groups in total. The van der Waals surface area contributed by atoms with E-state index in [1.807, 2.05) is 30.3 Å². The lowest BCUT2D eigenvalue weighted by molar-refractivity contribution is -0.140. The number of carbonyl (C=O) groups is 3. The maximum atomic E-state index is 12.9. The Morgan fingerprint density at radius 1 is 0.967 bits per heavy atom. The largest absolute Gasteiger partial charge is 0.459 e. The highest BCUT2D eigenvalue weighted by atomic mass is 16.3. The third-order valence-electron chi connectivity index (χ3n) is 5.69. The number of nitrogens with one attached hydrogen (secondary N) is 1. The van der Waals surface area contributed by atoms with Gasteiger partial charge in [0.05, 0.1) is 18.7 Å². The smallest absolute Gasteiger partial charge is 0.289 e. The molecule has 0 aliphatic carbocycles. The van der Waals surface area contributed by atoms with Gasteiger partial charge in [0.1, 0.15) is 0 Å². The Balaban J connectivity index is 1.34. The molecule has 2 aliphatic rings. The van der Waals surface area contributed by atoms with Gasteiger partial charge in [-0.1, -0.05) is 30.3 Å². The van der Waals surface area contributed by atoms with Crippen molar-refractivity contribution in [2.24, 2.45) is 0 Å². The second kappa shape index (κ2) is 9.13. The Kier molecular flexibility index (Phi) is 6.13. The zero-order valence-corrected chi connectivity index (χ0v) is 16.8. The van der Waals surface area contributed by atoms with Gasteiger partial charge in [-0.05, 0) is 17.7 Å². The molecule has 2 fully saturated rings. The van der Waals surface area contributed by atoms with Gasteiger partial charge in [0, 0.05) is 45.8 Å². The first kappa shape index (κ1) is 20.2. The number of hydrogen-bond donors (Lipinski definition) is 1. The van der Waals surface area contributed by atoms with Crippen molar-refractivity contribution in [3.63, 3.8) is 0 Å². The van der Waals surface area contributed by atoms with Gasteiger partial charge in [0.25, 0.3) is 5.91 Å². The molecule has 1 atom stereocenters. The summed E-state index contributed by atoms with van der Waals surface area (Å²) >= 11 is 0. The molecule has 2 saturated heterocycles. The Hall–Kier alpha value is -3.13. The van der Waals surface area contributed by atoms with E-state index in [4.69, 9.17) is 4.42 Å². The van der Waals surface area contributed by atoms with Gasteiger partial charge in [0.2, 0.25) is 11.8 Å². The first-order chi connectivity index (χ1) is 14.6. The molecule has 4 rings (SSSR count). The van der Waals surface area contributed by atoms with Gasteiger partial charge in [-0.15, -0.1) is 0 Å². The zero-order valence-electron chi connectivity index (χ0n) is 16.8. The van der Waals surface area contributed by atoms with Crippen LogP contribution in [0.15, 0.2) is 53.1 Å². The summed E-state index contributed by atoms with van der Waals surface area (Å²) in [5.74, 6) is -0.00428. The number of nitrogens with zero attached hydrogens (tertiary/aromatic N) is 3. The van der Waals surface area contributed by atoms with Gasteiger partial charge in [-0.2, -0.15) is 0 Å². The standard InChI is InChI=1S/C22H26N4O4/c27-20(24-10-12-25(13-11-24)22(29)19-7-4-14-30-19)15-18-21(28)23-8-9-26(18)16-17-5-2-1-3-6-17/h1-7,14,18H,8-13,15-16H2,(H,23,28). The van der Waals surface area contributed by atoms with Crippen LogP contribution in [0, 0.1) is 0 Å². The van der Waals surface area contributed by atoms with Crippen molar-refractivity contribution < 1.29 is 18.8 Å². The molecule has 8 nitrogen and oxygen atoms in total. The van der Waals surface area contributed by atoms with E-state index in [1.54, 1.807) is 21.9 Å². The van der Waals surface area contributed by atoms with Crippen LogP contribution in [-0.4, -0.2) is 77.7 Å². The molecule has 158 valence electrons. The van der Waals surface area contributed by atoms with E-state index in [9.17, 15) is 14.4 Å². The monoisotopic (exact) mass is 410 g/mol. The van der Waals surface area contributed by atoms with Gasteiger partial charge >= 0.3 is 0 Å². The number of hydrogen-bond acceptors (Lipinski definition) is 5. The Morgan fingerprint density at radius 3 is 2.40 bits per heavy atom. The van der Waals surface area contributed by atoms with Gasteiger partial charge in [-0.25, -0.2) is 0 Å². The van der Waals surface area contributed by atoms with Crippen LogP contribution in [0.3, 0.4) is 0 Å². The SMILES string of the molecule is O=C1NCCN(Cc2ccccc2)C1CC(=O)N1CCN(C(=O)c2ccco2)CC1. The fourth-order valence-electron chi connectivity index (χ4n) is 4.00. The fourth-order valence-corrected chi connectivity index (χ4v) is 4.00. The molecule has 1 unspecified atom stereocenters.